The van der Waals surface area contributed by atoms with Crippen molar-refractivity contribution >= 4 is 27.5 Å². The third-order valence-corrected chi connectivity index (χ3v) is 5.98. The van der Waals surface area contributed by atoms with Crippen LogP contribution in [0.5, 0.6) is 0 Å². The van der Waals surface area contributed by atoms with Gasteiger partial charge in [0.1, 0.15) is 0 Å². The maximum absolute atomic E-state index is 12.5. The van der Waals surface area contributed by atoms with Crippen molar-refractivity contribution in [2.45, 2.75) is 32.2 Å². The van der Waals surface area contributed by atoms with Gasteiger partial charge in [-0.25, -0.2) is 4.98 Å². The Kier molecular flexibility index (Phi) is 3.62. The summed E-state index contributed by atoms with van der Waals surface area (Å²) in [6.45, 7) is 5.53. The molecule has 0 spiro atoms. The summed E-state index contributed by atoms with van der Waals surface area (Å²) >= 11 is 1.71. The largest absolute Gasteiger partial charge is 0.348 e. The minimum atomic E-state index is 0.0421. The number of nitrogens with zero attached hydrogens (tertiary/aromatic N) is 2. The zero-order chi connectivity index (χ0) is 15.1. The van der Waals surface area contributed by atoms with E-state index in [-0.39, 0.29) is 5.91 Å². The number of thiazole rings is 1. The van der Waals surface area contributed by atoms with Crippen LogP contribution >= 0.6 is 11.3 Å². The predicted molar refractivity (Wildman–Crippen MR) is 89.4 cm³/mol. The van der Waals surface area contributed by atoms with Gasteiger partial charge in [-0.1, -0.05) is 6.92 Å². The van der Waals surface area contributed by atoms with E-state index in [0.717, 1.165) is 46.1 Å². The number of aromatic nitrogens is 1. The average molecular weight is 315 g/mol. The number of piperidine rings is 1. The van der Waals surface area contributed by atoms with Crippen LogP contribution in [-0.2, 0) is 6.42 Å². The SMILES string of the molecule is CCc1nc2cc(C(=O)N[C@@H]3C[C@H]4CCN(C4)C3)ccc2s1. The van der Waals surface area contributed by atoms with Gasteiger partial charge in [0.15, 0.2) is 0 Å². The van der Waals surface area contributed by atoms with Crippen LogP contribution < -0.4 is 5.32 Å². The number of benzene rings is 1. The first-order chi connectivity index (χ1) is 10.7. The summed E-state index contributed by atoms with van der Waals surface area (Å²) in [5, 5.41) is 4.35. The lowest BCUT2D eigenvalue weighted by atomic mass is 9.96. The second-order valence-electron chi connectivity index (χ2n) is 6.46. The van der Waals surface area contributed by atoms with Gasteiger partial charge in [0, 0.05) is 24.7 Å². The van der Waals surface area contributed by atoms with Gasteiger partial charge < -0.3 is 10.2 Å². The highest BCUT2D eigenvalue weighted by atomic mass is 32.1. The molecule has 3 heterocycles. The smallest absolute Gasteiger partial charge is 0.251 e. The molecule has 2 aromatic rings. The molecule has 2 fully saturated rings. The molecular formula is C17H21N3OS. The maximum atomic E-state index is 12.5. The van der Waals surface area contributed by atoms with E-state index < -0.39 is 0 Å². The Bertz CT molecular complexity index is 699. The zero-order valence-electron chi connectivity index (χ0n) is 12.8. The first kappa shape index (κ1) is 14.2. The van der Waals surface area contributed by atoms with Gasteiger partial charge in [-0.15, -0.1) is 11.3 Å². The number of hydrogen-bond donors (Lipinski definition) is 1. The van der Waals surface area contributed by atoms with Crippen LogP contribution in [-0.4, -0.2) is 41.5 Å². The molecule has 5 heteroatoms. The fraction of sp³-hybridized carbons (Fsp3) is 0.529. The third-order valence-electron chi connectivity index (χ3n) is 4.80. The van der Waals surface area contributed by atoms with Gasteiger partial charge in [-0.2, -0.15) is 0 Å². The highest BCUT2D eigenvalue weighted by Crippen LogP contribution is 2.27. The van der Waals surface area contributed by atoms with Crippen LogP contribution in [0.4, 0.5) is 0 Å². The van der Waals surface area contributed by atoms with Gasteiger partial charge >= 0.3 is 0 Å². The molecule has 4 rings (SSSR count). The van der Waals surface area contributed by atoms with E-state index in [9.17, 15) is 4.79 Å². The van der Waals surface area contributed by atoms with Crippen molar-refractivity contribution in [2.75, 3.05) is 19.6 Å². The van der Waals surface area contributed by atoms with Crippen molar-refractivity contribution < 1.29 is 4.79 Å². The van der Waals surface area contributed by atoms with Crippen LogP contribution in [0.25, 0.3) is 10.2 Å². The van der Waals surface area contributed by atoms with Crippen molar-refractivity contribution in [2.24, 2.45) is 5.92 Å². The lowest BCUT2D eigenvalue weighted by Crippen LogP contribution is -2.47. The summed E-state index contributed by atoms with van der Waals surface area (Å²) in [5.74, 6) is 0.813. The Balaban J connectivity index is 1.50. The van der Waals surface area contributed by atoms with Crippen molar-refractivity contribution in [3.8, 4) is 0 Å². The summed E-state index contributed by atoms with van der Waals surface area (Å²) in [6, 6.07) is 6.17. The van der Waals surface area contributed by atoms with Gasteiger partial charge in [0.05, 0.1) is 15.2 Å². The number of amides is 1. The topological polar surface area (TPSA) is 45.2 Å². The quantitative estimate of drug-likeness (QED) is 0.947. The number of carbonyl (C=O) groups excluding carboxylic acids is 1. The summed E-state index contributed by atoms with van der Waals surface area (Å²) in [7, 11) is 0. The Morgan fingerprint density at radius 1 is 1.45 bits per heavy atom. The number of aryl methyl sites for hydroxylation is 1. The van der Waals surface area contributed by atoms with E-state index in [2.05, 4.69) is 22.1 Å². The lowest BCUT2D eigenvalue weighted by molar-refractivity contribution is 0.0909. The average Bonchev–Trinajstić information content (AvgIpc) is 3.09. The Labute approximate surface area is 134 Å². The van der Waals surface area contributed by atoms with Crippen molar-refractivity contribution in [1.29, 1.82) is 0 Å². The fourth-order valence-corrected chi connectivity index (χ4v) is 4.59. The number of carbonyl (C=O) groups is 1. The number of hydrogen-bond acceptors (Lipinski definition) is 4. The molecule has 0 radical (unpaired) electrons. The van der Waals surface area contributed by atoms with E-state index in [1.807, 2.05) is 18.2 Å². The van der Waals surface area contributed by atoms with E-state index in [4.69, 9.17) is 0 Å². The van der Waals surface area contributed by atoms with Crippen LogP contribution in [0.3, 0.4) is 0 Å². The minimum Gasteiger partial charge on any atom is -0.348 e. The number of fused-ring (bicyclic) bond motifs is 3. The summed E-state index contributed by atoms with van der Waals surface area (Å²) in [4.78, 5) is 19.6. The van der Waals surface area contributed by atoms with Crippen molar-refractivity contribution in [3.05, 3.63) is 28.8 Å². The molecule has 0 saturated carbocycles. The molecule has 22 heavy (non-hydrogen) atoms. The first-order valence-corrected chi connectivity index (χ1v) is 8.95. The van der Waals surface area contributed by atoms with Crippen LogP contribution in [0.2, 0.25) is 0 Å². The van der Waals surface area contributed by atoms with E-state index in [1.54, 1.807) is 11.3 Å². The lowest BCUT2D eigenvalue weighted by Gasteiger charge is -2.30. The maximum Gasteiger partial charge on any atom is 0.251 e. The Morgan fingerprint density at radius 3 is 3.18 bits per heavy atom. The molecule has 2 aliphatic rings. The highest BCUT2D eigenvalue weighted by Gasteiger charge is 2.32. The molecule has 1 aromatic heterocycles. The highest BCUT2D eigenvalue weighted by molar-refractivity contribution is 7.18. The minimum absolute atomic E-state index is 0.0421. The molecule has 2 aliphatic heterocycles. The van der Waals surface area contributed by atoms with Crippen molar-refractivity contribution in [1.82, 2.24) is 15.2 Å². The summed E-state index contributed by atoms with van der Waals surface area (Å²) < 4.78 is 1.16. The normalized spacial score (nSPS) is 27.2. The number of rotatable bonds is 3. The van der Waals surface area contributed by atoms with Gasteiger partial charge in [-0.05, 0) is 49.9 Å². The monoisotopic (exact) mass is 315 g/mol. The van der Waals surface area contributed by atoms with Crippen LogP contribution in [0.15, 0.2) is 18.2 Å². The Hall–Kier alpha value is -1.46. The first-order valence-electron chi connectivity index (χ1n) is 8.14. The molecule has 3 atom stereocenters. The molecule has 0 aliphatic carbocycles. The molecule has 1 amide bonds. The van der Waals surface area contributed by atoms with Crippen molar-refractivity contribution in [3.63, 3.8) is 0 Å². The van der Waals surface area contributed by atoms with Gasteiger partial charge in [-0.3, -0.25) is 4.79 Å². The second-order valence-corrected chi connectivity index (χ2v) is 7.58. The zero-order valence-corrected chi connectivity index (χ0v) is 13.7. The molecule has 2 saturated heterocycles. The molecule has 1 N–H and O–H groups in total. The Morgan fingerprint density at radius 2 is 2.36 bits per heavy atom. The summed E-state index contributed by atoms with van der Waals surface area (Å²) in [6.07, 6.45) is 3.36. The standard InChI is InChI=1S/C17H21N3OS/c1-2-16-19-14-8-12(3-4-15(14)22-16)17(21)18-13-7-11-5-6-20(9-11)10-13/h3-4,8,11,13H,2,5-7,9-10H2,1H3,(H,18,21)/t11-,13-/m1/s1. The van der Waals surface area contributed by atoms with Gasteiger partial charge in [0.25, 0.3) is 5.91 Å². The molecular weight excluding hydrogens is 294 g/mol. The fourth-order valence-electron chi connectivity index (χ4n) is 3.70. The molecule has 2 bridgehead atoms. The second kappa shape index (κ2) is 5.63. The van der Waals surface area contributed by atoms with E-state index in [1.165, 1.54) is 19.5 Å². The van der Waals surface area contributed by atoms with Crippen LogP contribution in [0, 0.1) is 5.92 Å². The number of nitrogens with one attached hydrogen (secondary N) is 1. The molecule has 1 aromatic carbocycles. The van der Waals surface area contributed by atoms with E-state index in [0.29, 0.717) is 6.04 Å². The predicted octanol–water partition coefficient (Wildman–Crippen LogP) is 2.68. The summed E-state index contributed by atoms with van der Waals surface area (Å²) in [5.41, 5.74) is 1.68. The third kappa shape index (κ3) is 2.63. The van der Waals surface area contributed by atoms with Crippen LogP contribution in [0.1, 0.15) is 35.1 Å². The molecule has 1 unspecified atom stereocenters. The van der Waals surface area contributed by atoms with Gasteiger partial charge in [0.2, 0.25) is 0 Å². The molecule has 116 valence electrons. The molecule has 4 nitrogen and oxygen atoms in total. The van der Waals surface area contributed by atoms with E-state index >= 15 is 0 Å².